The van der Waals surface area contributed by atoms with Gasteiger partial charge in [0.2, 0.25) is 5.91 Å². The van der Waals surface area contributed by atoms with Crippen LogP contribution in [0, 0.1) is 31.1 Å². The number of carbonyl (C=O) groups excluding carboxylic acids is 1. The van der Waals surface area contributed by atoms with Crippen molar-refractivity contribution in [2.75, 3.05) is 5.75 Å². The number of carbonyl (C=O) groups is 1. The lowest BCUT2D eigenvalue weighted by Crippen LogP contribution is -2.49. The summed E-state index contributed by atoms with van der Waals surface area (Å²) in [6.07, 6.45) is 3.61. The van der Waals surface area contributed by atoms with Gasteiger partial charge in [0.05, 0.1) is 11.8 Å². The number of amides is 1. The fraction of sp³-hybridized carbons (Fsp3) is 0.421. The molecule has 1 aromatic carbocycles. The molecule has 0 aliphatic heterocycles. The molecule has 2 aromatic rings. The minimum atomic E-state index is -0.860. The Morgan fingerprint density at radius 1 is 1.40 bits per heavy atom. The van der Waals surface area contributed by atoms with Crippen LogP contribution in [0.3, 0.4) is 0 Å². The molecule has 0 saturated heterocycles. The Morgan fingerprint density at radius 3 is 2.72 bits per heavy atom. The lowest BCUT2D eigenvalue weighted by Gasteiger charge is -2.27. The molecular formula is C19H24N4OS. The van der Waals surface area contributed by atoms with Crippen LogP contribution in [0.25, 0.3) is 5.69 Å². The maximum absolute atomic E-state index is 12.2. The van der Waals surface area contributed by atoms with Crippen LogP contribution in [0.5, 0.6) is 0 Å². The molecule has 6 heteroatoms. The summed E-state index contributed by atoms with van der Waals surface area (Å²) in [6.45, 7) is 9.74. The van der Waals surface area contributed by atoms with Gasteiger partial charge in [0.1, 0.15) is 5.54 Å². The summed E-state index contributed by atoms with van der Waals surface area (Å²) >= 11 is 1.36. The van der Waals surface area contributed by atoms with Crippen LogP contribution in [-0.2, 0) is 4.79 Å². The van der Waals surface area contributed by atoms with E-state index in [0.717, 1.165) is 10.8 Å². The Kier molecular flexibility index (Phi) is 5.91. The van der Waals surface area contributed by atoms with E-state index in [1.165, 1.54) is 22.9 Å². The molecule has 0 spiro atoms. The van der Waals surface area contributed by atoms with Crippen molar-refractivity contribution in [3.63, 3.8) is 0 Å². The fourth-order valence-electron chi connectivity index (χ4n) is 2.23. The monoisotopic (exact) mass is 356 g/mol. The number of nitriles is 1. The topological polar surface area (TPSA) is 70.7 Å². The number of imidazole rings is 1. The van der Waals surface area contributed by atoms with Crippen molar-refractivity contribution in [3.8, 4) is 11.8 Å². The van der Waals surface area contributed by atoms with E-state index in [4.69, 9.17) is 0 Å². The third kappa shape index (κ3) is 4.43. The van der Waals surface area contributed by atoms with E-state index in [-0.39, 0.29) is 17.6 Å². The van der Waals surface area contributed by atoms with Gasteiger partial charge in [0.25, 0.3) is 0 Å². The van der Waals surface area contributed by atoms with Gasteiger partial charge in [-0.3, -0.25) is 9.36 Å². The molecule has 1 atom stereocenters. The molecule has 2 rings (SSSR count). The van der Waals surface area contributed by atoms with Gasteiger partial charge in [-0.1, -0.05) is 31.7 Å². The third-order valence-corrected chi connectivity index (χ3v) is 5.46. The van der Waals surface area contributed by atoms with Crippen molar-refractivity contribution in [2.45, 2.75) is 45.3 Å². The molecule has 0 saturated carbocycles. The zero-order valence-electron chi connectivity index (χ0n) is 15.3. The molecule has 1 amide bonds. The molecule has 0 fully saturated rings. The van der Waals surface area contributed by atoms with E-state index in [1.54, 1.807) is 13.1 Å². The van der Waals surface area contributed by atoms with Crippen LogP contribution in [0.2, 0.25) is 0 Å². The summed E-state index contributed by atoms with van der Waals surface area (Å²) in [4.78, 5) is 16.6. The van der Waals surface area contributed by atoms with Gasteiger partial charge in [0.15, 0.2) is 5.16 Å². The van der Waals surface area contributed by atoms with E-state index in [9.17, 15) is 10.1 Å². The predicted molar refractivity (Wildman–Crippen MR) is 101 cm³/mol. The first-order chi connectivity index (χ1) is 11.8. The average Bonchev–Trinajstić information content (AvgIpc) is 3.03. The lowest BCUT2D eigenvalue weighted by atomic mass is 9.90. The van der Waals surface area contributed by atoms with E-state index in [1.807, 2.05) is 30.7 Å². The van der Waals surface area contributed by atoms with Crippen molar-refractivity contribution < 1.29 is 4.79 Å². The Labute approximate surface area is 153 Å². The number of aromatic nitrogens is 2. The maximum atomic E-state index is 12.2. The second-order valence-corrected chi connectivity index (χ2v) is 7.60. The number of hydrogen-bond donors (Lipinski definition) is 1. The molecule has 0 radical (unpaired) electrons. The molecule has 0 aliphatic rings. The van der Waals surface area contributed by atoms with Gasteiger partial charge in [-0.25, -0.2) is 4.98 Å². The molecule has 132 valence electrons. The van der Waals surface area contributed by atoms with Crippen molar-refractivity contribution in [1.29, 1.82) is 5.26 Å². The number of nitrogens with one attached hydrogen (secondary N) is 1. The zero-order valence-corrected chi connectivity index (χ0v) is 16.1. The van der Waals surface area contributed by atoms with Crippen LogP contribution in [-0.4, -0.2) is 26.8 Å². The van der Waals surface area contributed by atoms with Gasteiger partial charge in [-0.15, -0.1) is 0 Å². The van der Waals surface area contributed by atoms with Crippen molar-refractivity contribution in [2.24, 2.45) is 5.92 Å². The summed E-state index contributed by atoms with van der Waals surface area (Å²) in [5.41, 5.74) is 2.61. The van der Waals surface area contributed by atoms with Gasteiger partial charge >= 0.3 is 0 Å². The van der Waals surface area contributed by atoms with Crippen LogP contribution < -0.4 is 5.32 Å². The van der Waals surface area contributed by atoms with Crippen LogP contribution >= 0.6 is 11.8 Å². The number of benzene rings is 1. The standard InChI is InChI=1S/C19H24N4OS/c1-13(2)19(5,12-20)22-17(24)11-25-18-21-8-9-23(18)16-7-6-14(3)15(4)10-16/h6-10,13H,11H2,1-5H3,(H,22,24). The Hall–Kier alpha value is -2.26. The maximum Gasteiger partial charge on any atom is 0.231 e. The highest BCUT2D eigenvalue weighted by Crippen LogP contribution is 2.22. The van der Waals surface area contributed by atoms with Gasteiger partial charge in [0, 0.05) is 18.1 Å². The minimum Gasteiger partial charge on any atom is -0.337 e. The smallest absolute Gasteiger partial charge is 0.231 e. The number of aryl methyl sites for hydroxylation is 2. The van der Waals surface area contributed by atoms with Gasteiger partial charge in [-0.2, -0.15) is 5.26 Å². The number of rotatable bonds is 6. The minimum absolute atomic E-state index is 0.0315. The van der Waals surface area contributed by atoms with Crippen molar-refractivity contribution in [1.82, 2.24) is 14.9 Å². The highest BCUT2D eigenvalue weighted by Gasteiger charge is 2.29. The first-order valence-corrected chi connectivity index (χ1v) is 9.21. The van der Waals surface area contributed by atoms with Crippen molar-refractivity contribution >= 4 is 17.7 Å². The second-order valence-electron chi connectivity index (χ2n) is 6.65. The zero-order chi connectivity index (χ0) is 18.6. The van der Waals surface area contributed by atoms with Crippen LogP contribution in [0.4, 0.5) is 0 Å². The Bertz CT molecular complexity index is 806. The molecule has 0 aliphatic carbocycles. The van der Waals surface area contributed by atoms with Gasteiger partial charge < -0.3 is 5.32 Å². The normalized spacial score (nSPS) is 13.3. The quantitative estimate of drug-likeness (QED) is 0.802. The van der Waals surface area contributed by atoms with Crippen LogP contribution in [0.15, 0.2) is 35.7 Å². The highest BCUT2D eigenvalue weighted by atomic mass is 32.2. The number of hydrogen-bond acceptors (Lipinski definition) is 4. The molecule has 25 heavy (non-hydrogen) atoms. The molecule has 1 heterocycles. The average molecular weight is 356 g/mol. The van der Waals surface area contributed by atoms with Gasteiger partial charge in [-0.05, 0) is 49.9 Å². The molecule has 1 unspecified atom stereocenters. The van der Waals surface area contributed by atoms with E-state index in [0.29, 0.717) is 0 Å². The Balaban J connectivity index is 2.08. The number of thioether (sulfide) groups is 1. The summed E-state index contributed by atoms with van der Waals surface area (Å²) in [7, 11) is 0. The first-order valence-electron chi connectivity index (χ1n) is 8.23. The largest absolute Gasteiger partial charge is 0.337 e. The summed E-state index contributed by atoms with van der Waals surface area (Å²) in [6, 6.07) is 8.41. The molecule has 1 N–H and O–H groups in total. The molecule has 5 nitrogen and oxygen atoms in total. The van der Waals surface area contributed by atoms with Crippen molar-refractivity contribution in [3.05, 3.63) is 41.7 Å². The predicted octanol–water partition coefficient (Wildman–Crippen LogP) is 3.64. The lowest BCUT2D eigenvalue weighted by molar-refractivity contribution is -0.120. The van der Waals surface area contributed by atoms with E-state index in [2.05, 4.69) is 42.4 Å². The Morgan fingerprint density at radius 2 is 2.12 bits per heavy atom. The summed E-state index contributed by atoms with van der Waals surface area (Å²) in [5.74, 6) is 0.0765. The molecular weight excluding hydrogens is 332 g/mol. The SMILES string of the molecule is Cc1ccc(-n2ccnc2SCC(=O)NC(C)(C#N)C(C)C)cc1C. The van der Waals surface area contributed by atoms with Crippen LogP contribution in [0.1, 0.15) is 31.9 Å². The second kappa shape index (κ2) is 7.75. The number of nitrogens with zero attached hydrogens (tertiary/aromatic N) is 3. The summed E-state index contributed by atoms with van der Waals surface area (Å²) in [5, 5.41) is 12.9. The first kappa shape index (κ1) is 19.1. The highest BCUT2D eigenvalue weighted by molar-refractivity contribution is 7.99. The third-order valence-electron chi connectivity index (χ3n) is 4.49. The van der Waals surface area contributed by atoms with E-state index >= 15 is 0 Å². The molecule has 1 aromatic heterocycles. The summed E-state index contributed by atoms with van der Waals surface area (Å²) < 4.78 is 1.97. The van der Waals surface area contributed by atoms with E-state index < -0.39 is 5.54 Å². The fourth-order valence-corrected chi connectivity index (χ4v) is 3.00. The molecule has 0 bridgehead atoms.